The molecule has 0 aromatic carbocycles. The van der Waals surface area contributed by atoms with Crippen molar-refractivity contribution in [1.29, 1.82) is 0 Å². The van der Waals surface area contributed by atoms with E-state index in [4.69, 9.17) is 9.47 Å². The lowest BCUT2D eigenvalue weighted by Crippen LogP contribution is -2.42. The van der Waals surface area contributed by atoms with Crippen LogP contribution in [0.25, 0.3) is 0 Å². The maximum atomic E-state index is 12.0. The van der Waals surface area contributed by atoms with Crippen LogP contribution in [0, 0.1) is 0 Å². The molecule has 1 amide bonds. The lowest BCUT2D eigenvalue weighted by Gasteiger charge is -2.26. The number of carbonyl (C=O) groups excluding carboxylic acids is 1. The van der Waals surface area contributed by atoms with E-state index in [1.165, 1.54) is 0 Å². The molecule has 7 nitrogen and oxygen atoms in total. The number of nitrogens with one attached hydrogen (secondary N) is 1. The van der Waals surface area contributed by atoms with E-state index < -0.39 is 11.7 Å². The summed E-state index contributed by atoms with van der Waals surface area (Å²) in [6, 6.07) is -0.0767. The standard InChI is InChI=1S/C16H31N3O4/c1-16(2,3)23-15(21)19-11-13(14(20)12-19)17-5-4-6-18-7-9-22-10-8-18/h13-14,17,20H,4-12H2,1-3H3/t13-,14-/m1/s1. The topological polar surface area (TPSA) is 74.3 Å². The number of ether oxygens (including phenoxy) is 2. The third kappa shape index (κ3) is 6.25. The minimum absolute atomic E-state index is 0.0767. The van der Waals surface area contributed by atoms with Crippen molar-refractivity contribution in [3.8, 4) is 0 Å². The van der Waals surface area contributed by atoms with Crippen molar-refractivity contribution in [2.45, 2.75) is 44.9 Å². The Bertz CT molecular complexity index is 380. The Morgan fingerprint density at radius 1 is 1.30 bits per heavy atom. The number of β-amino-alcohol motifs (C(OH)–C–C–N with tert-alkyl or cyclic N) is 1. The average Bonchev–Trinajstić information content (AvgIpc) is 2.84. The first kappa shape index (κ1) is 18.4. The summed E-state index contributed by atoms with van der Waals surface area (Å²) in [7, 11) is 0. The molecule has 0 aromatic rings. The third-order valence-corrected chi connectivity index (χ3v) is 4.10. The number of nitrogens with zero attached hydrogens (tertiary/aromatic N) is 2. The van der Waals surface area contributed by atoms with E-state index in [0.29, 0.717) is 13.1 Å². The number of likely N-dealkylation sites (tertiary alicyclic amines) is 1. The van der Waals surface area contributed by atoms with Crippen LogP contribution in [0.1, 0.15) is 27.2 Å². The number of amides is 1. The Hall–Kier alpha value is -0.890. The monoisotopic (exact) mass is 329 g/mol. The Morgan fingerprint density at radius 3 is 2.65 bits per heavy atom. The second-order valence-corrected chi connectivity index (χ2v) is 7.32. The number of hydrogen-bond donors (Lipinski definition) is 2. The molecule has 2 rings (SSSR count). The Labute approximate surface area is 138 Å². The molecule has 2 heterocycles. The van der Waals surface area contributed by atoms with Crippen molar-refractivity contribution < 1.29 is 19.4 Å². The van der Waals surface area contributed by atoms with Crippen molar-refractivity contribution in [2.75, 3.05) is 52.5 Å². The number of aliphatic hydroxyl groups excluding tert-OH is 1. The van der Waals surface area contributed by atoms with E-state index in [0.717, 1.165) is 45.8 Å². The molecule has 0 radical (unpaired) electrons. The normalized spacial score (nSPS) is 26.5. The Balaban J connectivity index is 1.65. The average molecular weight is 329 g/mol. The molecule has 23 heavy (non-hydrogen) atoms. The molecule has 2 saturated heterocycles. The maximum Gasteiger partial charge on any atom is 0.410 e. The molecule has 2 N–H and O–H groups in total. The van der Waals surface area contributed by atoms with E-state index in [1.54, 1.807) is 4.90 Å². The van der Waals surface area contributed by atoms with Gasteiger partial charge < -0.3 is 24.8 Å². The first-order valence-electron chi connectivity index (χ1n) is 8.54. The molecule has 7 heteroatoms. The highest BCUT2D eigenvalue weighted by Crippen LogP contribution is 2.15. The summed E-state index contributed by atoms with van der Waals surface area (Å²) in [4.78, 5) is 16.0. The van der Waals surface area contributed by atoms with Crippen LogP contribution in [0.2, 0.25) is 0 Å². The zero-order valence-electron chi connectivity index (χ0n) is 14.6. The molecule has 0 aliphatic carbocycles. The fourth-order valence-electron chi connectivity index (χ4n) is 2.88. The number of rotatable bonds is 5. The van der Waals surface area contributed by atoms with E-state index in [2.05, 4.69) is 10.2 Å². The van der Waals surface area contributed by atoms with E-state index in [1.807, 2.05) is 20.8 Å². The molecule has 0 saturated carbocycles. The van der Waals surface area contributed by atoms with Gasteiger partial charge in [-0.25, -0.2) is 4.79 Å². The van der Waals surface area contributed by atoms with Gasteiger partial charge in [0, 0.05) is 19.6 Å². The quantitative estimate of drug-likeness (QED) is 0.706. The SMILES string of the molecule is CC(C)(C)OC(=O)N1C[C@@H](O)[C@H](NCCCN2CCOCC2)C1. The van der Waals surface area contributed by atoms with Gasteiger partial charge in [0.2, 0.25) is 0 Å². The zero-order chi connectivity index (χ0) is 16.9. The fourth-order valence-corrected chi connectivity index (χ4v) is 2.88. The largest absolute Gasteiger partial charge is 0.444 e. The fraction of sp³-hybridized carbons (Fsp3) is 0.938. The maximum absolute atomic E-state index is 12.0. The van der Waals surface area contributed by atoms with Gasteiger partial charge in [-0.15, -0.1) is 0 Å². The third-order valence-electron chi connectivity index (χ3n) is 4.10. The first-order valence-corrected chi connectivity index (χ1v) is 8.54. The molecule has 0 unspecified atom stereocenters. The number of hydrogen-bond acceptors (Lipinski definition) is 6. The van der Waals surface area contributed by atoms with Crippen LogP contribution >= 0.6 is 0 Å². The van der Waals surface area contributed by atoms with E-state index in [9.17, 15) is 9.90 Å². The van der Waals surface area contributed by atoms with Crippen molar-refractivity contribution >= 4 is 6.09 Å². The highest BCUT2D eigenvalue weighted by molar-refractivity contribution is 5.68. The van der Waals surface area contributed by atoms with Crippen LogP contribution in [0.15, 0.2) is 0 Å². The van der Waals surface area contributed by atoms with Crippen LogP contribution in [-0.2, 0) is 9.47 Å². The van der Waals surface area contributed by atoms with Gasteiger partial charge in [0.25, 0.3) is 0 Å². The molecular formula is C16H31N3O4. The van der Waals surface area contributed by atoms with Gasteiger partial charge in [-0.3, -0.25) is 4.90 Å². The number of morpholine rings is 1. The predicted molar refractivity (Wildman–Crippen MR) is 87.5 cm³/mol. The zero-order valence-corrected chi connectivity index (χ0v) is 14.6. The van der Waals surface area contributed by atoms with Crippen LogP contribution in [-0.4, -0.2) is 91.2 Å². The van der Waals surface area contributed by atoms with Gasteiger partial charge in [0.05, 0.1) is 31.9 Å². The van der Waals surface area contributed by atoms with Crippen LogP contribution in [0.4, 0.5) is 4.79 Å². The molecule has 0 spiro atoms. The van der Waals surface area contributed by atoms with Crippen molar-refractivity contribution in [1.82, 2.24) is 15.1 Å². The summed E-state index contributed by atoms with van der Waals surface area (Å²) in [6.07, 6.45) is 0.135. The van der Waals surface area contributed by atoms with Gasteiger partial charge in [0.15, 0.2) is 0 Å². The number of carbonyl (C=O) groups is 1. The van der Waals surface area contributed by atoms with Crippen LogP contribution in [0.5, 0.6) is 0 Å². The Kier molecular flexibility index (Phi) is 6.64. The van der Waals surface area contributed by atoms with Crippen molar-refractivity contribution in [3.63, 3.8) is 0 Å². The van der Waals surface area contributed by atoms with Crippen LogP contribution < -0.4 is 5.32 Å². The lowest BCUT2D eigenvalue weighted by atomic mass is 10.2. The van der Waals surface area contributed by atoms with Crippen molar-refractivity contribution in [3.05, 3.63) is 0 Å². The summed E-state index contributed by atoms with van der Waals surface area (Å²) in [5, 5.41) is 13.5. The predicted octanol–water partition coefficient (Wildman–Crippen LogP) is 0.279. The van der Waals surface area contributed by atoms with E-state index in [-0.39, 0.29) is 12.1 Å². The summed E-state index contributed by atoms with van der Waals surface area (Å²) in [6.45, 7) is 11.9. The summed E-state index contributed by atoms with van der Waals surface area (Å²) < 4.78 is 10.7. The molecular weight excluding hydrogens is 298 g/mol. The molecule has 0 bridgehead atoms. The molecule has 2 atom stereocenters. The second-order valence-electron chi connectivity index (χ2n) is 7.32. The van der Waals surface area contributed by atoms with Gasteiger partial charge in [-0.1, -0.05) is 0 Å². The molecule has 2 aliphatic heterocycles. The molecule has 0 aromatic heterocycles. The van der Waals surface area contributed by atoms with E-state index >= 15 is 0 Å². The highest BCUT2D eigenvalue weighted by atomic mass is 16.6. The van der Waals surface area contributed by atoms with Gasteiger partial charge in [-0.05, 0) is 40.3 Å². The summed E-state index contributed by atoms with van der Waals surface area (Å²) in [5.74, 6) is 0. The Morgan fingerprint density at radius 2 is 2.00 bits per heavy atom. The highest BCUT2D eigenvalue weighted by Gasteiger charge is 2.35. The smallest absolute Gasteiger partial charge is 0.410 e. The van der Waals surface area contributed by atoms with Gasteiger partial charge in [0.1, 0.15) is 5.60 Å². The number of aliphatic hydroxyl groups is 1. The lowest BCUT2D eigenvalue weighted by molar-refractivity contribution is 0.0270. The van der Waals surface area contributed by atoms with Gasteiger partial charge >= 0.3 is 6.09 Å². The van der Waals surface area contributed by atoms with Crippen LogP contribution in [0.3, 0.4) is 0 Å². The molecule has 2 aliphatic rings. The van der Waals surface area contributed by atoms with Gasteiger partial charge in [-0.2, -0.15) is 0 Å². The molecule has 2 fully saturated rings. The second kappa shape index (κ2) is 8.28. The van der Waals surface area contributed by atoms with Crippen molar-refractivity contribution in [2.24, 2.45) is 0 Å². The first-order chi connectivity index (χ1) is 10.8. The molecule has 134 valence electrons. The minimum atomic E-state index is -0.536. The summed E-state index contributed by atoms with van der Waals surface area (Å²) >= 11 is 0. The minimum Gasteiger partial charge on any atom is -0.444 e. The summed E-state index contributed by atoms with van der Waals surface area (Å²) in [5.41, 5.74) is -0.508.